The zero-order chi connectivity index (χ0) is 11.0. The van der Waals surface area contributed by atoms with Crippen molar-refractivity contribution in [3.05, 3.63) is 12.7 Å². The number of hydrogen-bond acceptors (Lipinski definition) is 5. The quantitative estimate of drug-likeness (QED) is 0.414. The largest absolute Gasteiger partial charge is 0.435 e. The van der Waals surface area contributed by atoms with Crippen LogP contribution in [0.5, 0.6) is 0 Å². The van der Waals surface area contributed by atoms with Gasteiger partial charge in [0.15, 0.2) is 0 Å². The van der Waals surface area contributed by atoms with Crippen LogP contribution in [0.3, 0.4) is 0 Å². The molecule has 0 amide bonds. The van der Waals surface area contributed by atoms with Crippen molar-refractivity contribution < 1.29 is 14.3 Å². The van der Waals surface area contributed by atoms with E-state index in [1.807, 2.05) is 13.8 Å². The molecule has 0 aromatic carbocycles. The zero-order valence-corrected chi connectivity index (χ0v) is 9.96. The minimum absolute atomic E-state index is 0.386. The molecule has 5 heteroatoms. The first kappa shape index (κ1) is 11.5. The summed E-state index contributed by atoms with van der Waals surface area (Å²) in [5.74, 6) is -1.52. The fraction of sp³-hybridized carbons (Fsp3) is 0.556. The summed E-state index contributed by atoms with van der Waals surface area (Å²) >= 11 is 6.31. The lowest BCUT2D eigenvalue weighted by Crippen LogP contribution is -2.46. The van der Waals surface area contributed by atoms with Crippen molar-refractivity contribution in [2.75, 3.05) is 0 Å². The number of carbonyl (C=O) groups is 1. The summed E-state index contributed by atoms with van der Waals surface area (Å²) in [6.45, 7) is 8.85. The molecule has 0 aromatic rings. The molecule has 0 N–H and O–H groups in total. The summed E-state index contributed by atoms with van der Waals surface area (Å²) in [5.41, 5.74) is 0. The van der Waals surface area contributed by atoms with Crippen LogP contribution in [0.25, 0.3) is 0 Å². The Morgan fingerprint density at radius 3 is 2.57 bits per heavy atom. The predicted molar refractivity (Wildman–Crippen MR) is 60.0 cm³/mol. The summed E-state index contributed by atoms with van der Waals surface area (Å²) in [4.78, 5) is 11.1. The van der Waals surface area contributed by atoms with Gasteiger partial charge in [-0.1, -0.05) is 18.3 Å². The fourth-order valence-corrected chi connectivity index (χ4v) is 2.65. The van der Waals surface area contributed by atoms with E-state index in [0.29, 0.717) is 4.38 Å². The van der Waals surface area contributed by atoms with Gasteiger partial charge in [0.25, 0.3) is 5.79 Å². The molecule has 1 aliphatic heterocycles. The second kappa shape index (κ2) is 3.55. The smallest absolute Gasteiger partial charge is 0.333 e. The van der Waals surface area contributed by atoms with Gasteiger partial charge >= 0.3 is 5.97 Å². The van der Waals surface area contributed by atoms with E-state index in [1.165, 1.54) is 11.8 Å². The highest BCUT2D eigenvalue weighted by molar-refractivity contribution is 8.23. The van der Waals surface area contributed by atoms with Crippen molar-refractivity contribution in [1.29, 1.82) is 0 Å². The van der Waals surface area contributed by atoms with Crippen LogP contribution in [0.15, 0.2) is 12.7 Å². The van der Waals surface area contributed by atoms with Crippen molar-refractivity contribution in [3.8, 4) is 0 Å². The topological polar surface area (TPSA) is 35.5 Å². The SMILES string of the molecule is C=CC(=O)OC1(C)OC(=S)SC1(C)C. The van der Waals surface area contributed by atoms with Crippen LogP contribution in [0.4, 0.5) is 0 Å². The van der Waals surface area contributed by atoms with E-state index in [4.69, 9.17) is 21.7 Å². The third-order valence-electron chi connectivity index (χ3n) is 2.17. The Morgan fingerprint density at radius 2 is 2.21 bits per heavy atom. The van der Waals surface area contributed by atoms with Crippen molar-refractivity contribution in [2.24, 2.45) is 0 Å². The third kappa shape index (κ3) is 1.93. The minimum Gasteiger partial charge on any atom is -0.435 e. The van der Waals surface area contributed by atoms with Gasteiger partial charge < -0.3 is 9.47 Å². The highest BCUT2D eigenvalue weighted by Gasteiger charge is 2.54. The van der Waals surface area contributed by atoms with Crippen LogP contribution in [0.1, 0.15) is 20.8 Å². The minimum atomic E-state index is -1.01. The lowest BCUT2D eigenvalue weighted by atomic mass is 10.0. The molecule has 0 aliphatic carbocycles. The summed E-state index contributed by atoms with van der Waals surface area (Å²) in [6, 6.07) is 0. The second-order valence-electron chi connectivity index (χ2n) is 3.54. The summed E-state index contributed by atoms with van der Waals surface area (Å²) in [6.07, 6.45) is 1.11. The molecule has 1 aliphatic rings. The Labute approximate surface area is 92.8 Å². The van der Waals surface area contributed by atoms with Gasteiger partial charge in [0, 0.05) is 13.0 Å². The Bertz CT molecular complexity index is 298. The molecule has 0 aromatic heterocycles. The molecular formula is C9H12O3S2. The summed E-state index contributed by atoms with van der Waals surface area (Å²) in [5, 5.41) is 0. The van der Waals surface area contributed by atoms with Gasteiger partial charge in [-0.25, -0.2) is 4.79 Å². The molecule has 0 spiro atoms. The number of esters is 1. The molecule has 14 heavy (non-hydrogen) atoms. The molecule has 1 fully saturated rings. The van der Waals surface area contributed by atoms with E-state index < -0.39 is 11.8 Å². The number of hydrogen-bond donors (Lipinski definition) is 0. The Balaban J connectivity index is 2.87. The standard InChI is InChI=1S/C9H12O3S2/c1-5-6(10)11-9(4)8(2,3)14-7(13)12-9/h5H,1H2,2-4H3. The molecule has 1 atom stereocenters. The van der Waals surface area contributed by atoms with Gasteiger partial charge in [-0.3, -0.25) is 0 Å². The van der Waals surface area contributed by atoms with Crippen molar-refractivity contribution in [3.63, 3.8) is 0 Å². The number of thiocarbonyl (C=S) groups is 1. The van der Waals surface area contributed by atoms with Crippen LogP contribution in [-0.4, -0.2) is 20.9 Å². The Hall–Kier alpha value is -0.550. The van der Waals surface area contributed by atoms with E-state index in [1.54, 1.807) is 6.92 Å². The molecule has 1 rings (SSSR count). The first-order chi connectivity index (χ1) is 6.31. The van der Waals surface area contributed by atoms with E-state index in [-0.39, 0.29) is 4.75 Å². The first-order valence-electron chi connectivity index (χ1n) is 4.08. The van der Waals surface area contributed by atoms with Crippen molar-refractivity contribution in [2.45, 2.75) is 31.3 Å². The van der Waals surface area contributed by atoms with Gasteiger partial charge in [-0.2, -0.15) is 0 Å². The molecule has 0 bridgehead atoms. The molecule has 0 radical (unpaired) electrons. The first-order valence-corrected chi connectivity index (χ1v) is 5.30. The number of rotatable bonds is 2. The van der Waals surface area contributed by atoms with Crippen LogP contribution < -0.4 is 0 Å². The van der Waals surface area contributed by atoms with Gasteiger partial charge in [0.05, 0.1) is 4.75 Å². The molecular weight excluding hydrogens is 220 g/mol. The second-order valence-corrected chi connectivity index (χ2v) is 5.76. The summed E-state index contributed by atoms with van der Waals surface area (Å²) in [7, 11) is 0. The van der Waals surface area contributed by atoms with Gasteiger partial charge in [0.1, 0.15) is 0 Å². The van der Waals surface area contributed by atoms with Gasteiger partial charge in [-0.15, -0.1) is 0 Å². The highest BCUT2D eigenvalue weighted by atomic mass is 32.2. The summed E-state index contributed by atoms with van der Waals surface area (Å²) < 4.78 is 10.5. The molecule has 3 nitrogen and oxygen atoms in total. The molecule has 0 saturated carbocycles. The normalized spacial score (nSPS) is 29.5. The average molecular weight is 232 g/mol. The van der Waals surface area contributed by atoms with Crippen LogP contribution in [0, 0.1) is 0 Å². The fourth-order valence-electron chi connectivity index (χ4n) is 0.981. The van der Waals surface area contributed by atoms with E-state index >= 15 is 0 Å². The van der Waals surface area contributed by atoms with Crippen molar-refractivity contribution in [1.82, 2.24) is 0 Å². The van der Waals surface area contributed by atoms with Gasteiger partial charge in [0.2, 0.25) is 4.38 Å². The predicted octanol–water partition coefficient (Wildman–Crippen LogP) is 2.26. The number of carbonyl (C=O) groups excluding carboxylic acids is 1. The zero-order valence-electron chi connectivity index (χ0n) is 8.33. The van der Waals surface area contributed by atoms with Crippen LogP contribution in [0.2, 0.25) is 0 Å². The number of ether oxygens (including phenoxy) is 2. The van der Waals surface area contributed by atoms with E-state index in [9.17, 15) is 4.79 Å². The average Bonchev–Trinajstić information content (AvgIpc) is 2.20. The molecule has 78 valence electrons. The highest BCUT2D eigenvalue weighted by Crippen LogP contribution is 2.47. The van der Waals surface area contributed by atoms with Crippen LogP contribution in [-0.2, 0) is 14.3 Å². The monoisotopic (exact) mass is 232 g/mol. The Morgan fingerprint density at radius 1 is 1.64 bits per heavy atom. The maximum absolute atomic E-state index is 11.1. The molecule has 1 unspecified atom stereocenters. The van der Waals surface area contributed by atoms with E-state index in [0.717, 1.165) is 6.08 Å². The maximum Gasteiger partial charge on any atom is 0.333 e. The lowest BCUT2D eigenvalue weighted by molar-refractivity contribution is -0.194. The maximum atomic E-state index is 11.1. The van der Waals surface area contributed by atoms with Crippen molar-refractivity contribution >= 4 is 34.3 Å². The molecule has 1 heterocycles. The Kier molecular flexibility index (Phi) is 2.92. The third-order valence-corrected chi connectivity index (χ3v) is 3.64. The lowest BCUT2D eigenvalue weighted by Gasteiger charge is -2.32. The van der Waals surface area contributed by atoms with E-state index in [2.05, 4.69) is 6.58 Å². The van der Waals surface area contributed by atoms with Crippen LogP contribution >= 0.6 is 24.0 Å². The van der Waals surface area contributed by atoms with Gasteiger partial charge in [-0.05, 0) is 26.1 Å². The molecule has 1 saturated heterocycles. The number of thioether (sulfide) groups is 1.